The van der Waals surface area contributed by atoms with E-state index in [1.807, 2.05) is 46.7 Å². The zero-order valence-electron chi connectivity index (χ0n) is 15.4. The molecule has 1 aromatic carbocycles. The van der Waals surface area contributed by atoms with Crippen molar-refractivity contribution >= 4 is 40.6 Å². The maximum atomic E-state index is 13.5. The van der Waals surface area contributed by atoms with Gasteiger partial charge in [0.15, 0.2) is 0 Å². The smallest absolute Gasteiger partial charge is 0.251 e. The molecule has 2 amide bonds. The number of benzene rings is 1. The number of rotatable bonds is 5. The van der Waals surface area contributed by atoms with Crippen molar-refractivity contribution < 1.29 is 14.3 Å². The molecule has 0 N–H and O–H groups in total. The molecule has 3 heterocycles. The molecule has 0 spiro atoms. The second-order valence-corrected chi connectivity index (χ2v) is 9.50. The van der Waals surface area contributed by atoms with Gasteiger partial charge in [-0.25, -0.2) is 0 Å². The van der Waals surface area contributed by atoms with Gasteiger partial charge in [-0.3, -0.25) is 9.59 Å². The lowest BCUT2D eigenvalue weighted by Gasteiger charge is -2.33. The fourth-order valence-corrected chi connectivity index (χ4v) is 5.92. The first-order valence-corrected chi connectivity index (χ1v) is 10.8. The van der Waals surface area contributed by atoms with E-state index in [0.29, 0.717) is 18.7 Å². The first-order chi connectivity index (χ1) is 13.0. The summed E-state index contributed by atoms with van der Waals surface area (Å²) in [6.45, 7) is 2.58. The molecule has 1 aromatic heterocycles. The minimum Gasteiger partial charge on any atom is -0.497 e. The predicted octanol–water partition coefficient (Wildman–Crippen LogP) is 3.74. The minimum atomic E-state index is -0.405. The number of nitrogens with zero attached hydrogens (tertiary/aromatic N) is 2. The highest BCUT2D eigenvalue weighted by atomic mass is 32.2. The normalized spacial score (nSPS) is 24.1. The van der Waals surface area contributed by atoms with E-state index in [0.717, 1.165) is 22.7 Å². The molecule has 2 aromatic rings. The molecule has 2 atom stereocenters. The molecule has 2 fully saturated rings. The van der Waals surface area contributed by atoms with Gasteiger partial charge in [-0.05, 0) is 49.1 Å². The Labute approximate surface area is 167 Å². The highest BCUT2D eigenvalue weighted by Gasteiger charge is 2.53. The second kappa shape index (κ2) is 7.20. The van der Waals surface area contributed by atoms with Crippen molar-refractivity contribution in [3.8, 4) is 5.75 Å². The van der Waals surface area contributed by atoms with Crippen LogP contribution < -0.4 is 9.64 Å². The Bertz CT molecular complexity index is 837. The molecule has 0 saturated carbocycles. The van der Waals surface area contributed by atoms with Crippen LogP contribution in [-0.4, -0.2) is 40.5 Å². The molecule has 2 unspecified atom stereocenters. The Kier molecular flexibility index (Phi) is 4.90. The number of fused-ring (bicyclic) bond motifs is 1. The van der Waals surface area contributed by atoms with Crippen molar-refractivity contribution in [2.75, 3.05) is 17.8 Å². The highest BCUT2D eigenvalue weighted by Crippen LogP contribution is 2.47. The third-order valence-electron chi connectivity index (χ3n) is 5.27. The van der Waals surface area contributed by atoms with Crippen molar-refractivity contribution in [2.45, 2.75) is 37.2 Å². The van der Waals surface area contributed by atoms with Crippen molar-refractivity contribution in [1.29, 1.82) is 0 Å². The van der Waals surface area contributed by atoms with Gasteiger partial charge in [0, 0.05) is 22.7 Å². The van der Waals surface area contributed by atoms with Crippen LogP contribution in [0.2, 0.25) is 0 Å². The number of anilines is 1. The van der Waals surface area contributed by atoms with Gasteiger partial charge in [-0.15, -0.1) is 23.1 Å². The number of hydrogen-bond donors (Lipinski definition) is 0. The van der Waals surface area contributed by atoms with Gasteiger partial charge in [-0.1, -0.05) is 6.07 Å². The van der Waals surface area contributed by atoms with E-state index in [1.165, 1.54) is 0 Å². The molecule has 0 bridgehead atoms. The largest absolute Gasteiger partial charge is 0.497 e. The quantitative estimate of drug-likeness (QED) is 0.764. The van der Waals surface area contributed by atoms with Gasteiger partial charge in [0.1, 0.15) is 11.8 Å². The lowest BCUT2D eigenvalue weighted by atomic mass is 10.1. The number of carbonyl (C=O) groups is 2. The Morgan fingerprint density at radius 2 is 2.11 bits per heavy atom. The van der Waals surface area contributed by atoms with Gasteiger partial charge >= 0.3 is 0 Å². The van der Waals surface area contributed by atoms with Gasteiger partial charge in [0.25, 0.3) is 5.91 Å². The minimum absolute atomic E-state index is 0.0139. The van der Waals surface area contributed by atoms with Crippen LogP contribution in [0.1, 0.15) is 24.6 Å². The van der Waals surface area contributed by atoms with Crippen molar-refractivity contribution in [1.82, 2.24) is 4.90 Å². The molecule has 27 heavy (non-hydrogen) atoms. The molecule has 2 aliphatic rings. The summed E-state index contributed by atoms with van der Waals surface area (Å²) in [5, 5.41) is 2.01. The predicted molar refractivity (Wildman–Crippen MR) is 109 cm³/mol. The summed E-state index contributed by atoms with van der Waals surface area (Å²) in [6.07, 6.45) is 1.34. The highest BCUT2D eigenvalue weighted by molar-refractivity contribution is 8.01. The van der Waals surface area contributed by atoms with E-state index in [-0.39, 0.29) is 16.7 Å². The third kappa shape index (κ3) is 3.34. The van der Waals surface area contributed by atoms with Crippen LogP contribution in [0, 0.1) is 0 Å². The summed E-state index contributed by atoms with van der Waals surface area (Å²) in [6, 6.07) is 11.1. The summed E-state index contributed by atoms with van der Waals surface area (Å²) in [5.74, 6) is 1.48. The SMILES string of the molecule is COc1ccc(N(Cc2cccs2)C(=O)C2CSC3(C)CCC(=O)N23)cc1. The van der Waals surface area contributed by atoms with Gasteiger partial charge < -0.3 is 14.5 Å². The molecule has 4 rings (SSSR count). The third-order valence-corrected chi connectivity index (χ3v) is 7.64. The number of thioether (sulfide) groups is 1. The molecular weight excluding hydrogens is 380 g/mol. The summed E-state index contributed by atoms with van der Waals surface area (Å²) in [7, 11) is 1.62. The van der Waals surface area contributed by atoms with E-state index in [1.54, 1.807) is 35.1 Å². The monoisotopic (exact) mass is 402 g/mol. The molecule has 2 aliphatic heterocycles. The zero-order chi connectivity index (χ0) is 19.0. The van der Waals surface area contributed by atoms with Gasteiger partial charge in [0.2, 0.25) is 5.91 Å². The van der Waals surface area contributed by atoms with E-state index < -0.39 is 6.04 Å². The van der Waals surface area contributed by atoms with Gasteiger partial charge in [-0.2, -0.15) is 0 Å². The van der Waals surface area contributed by atoms with Crippen LogP contribution in [0.3, 0.4) is 0 Å². The van der Waals surface area contributed by atoms with E-state index in [2.05, 4.69) is 6.92 Å². The number of methoxy groups -OCH3 is 1. The number of thiophene rings is 1. The number of hydrogen-bond acceptors (Lipinski definition) is 5. The first kappa shape index (κ1) is 18.4. The zero-order valence-corrected chi connectivity index (χ0v) is 17.0. The Morgan fingerprint density at radius 1 is 1.33 bits per heavy atom. The lowest BCUT2D eigenvalue weighted by molar-refractivity contribution is -0.136. The summed E-state index contributed by atoms with van der Waals surface area (Å²) < 4.78 is 5.24. The molecule has 0 radical (unpaired) electrons. The standard InChI is InChI=1S/C20H22N2O3S2/c1-20-10-9-18(23)22(20)17(13-27-20)19(24)21(12-16-4-3-11-26-16)14-5-7-15(25-2)8-6-14/h3-8,11,17H,9-10,12-13H2,1-2H3. The number of carbonyl (C=O) groups excluding carboxylic acids is 2. The molecule has 7 heteroatoms. The van der Waals surface area contributed by atoms with E-state index in [9.17, 15) is 9.59 Å². The van der Waals surface area contributed by atoms with Crippen molar-refractivity contribution in [2.24, 2.45) is 0 Å². The number of ether oxygens (including phenoxy) is 1. The van der Waals surface area contributed by atoms with Crippen LogP contribution in [0.25, 0.3) is 0 Å². The Balaban J connectivity index is 1.65. The first-order valence-electron chi connectivity index (χ1n) is 8.96. The molecule has 0 aliphatic carbocycles. The van der Waals surface area contributed by atoms with Crippen LogP contribution >= 0.6 is 23.1 Å². The molecule has 142 valence electrons. The second-order valence-electron chi connectivity index (χ2n) is 6.97. The topological polar surface area (TPSA) is 49.9 Å². The summed E-state index contributed by atoms with van der Waals surface area (Å²) >= 11 is 3.35. The summed E-state index contributed by atoms with van der Waals surface area (Å²) in [4.78, 5) is 30.5. The Morgan fingerprint density at radius 3 is 2.78 bits per heavy atom. The van der Waals surface area contributed by atoms with Crippen molar-refractivity contribution in [3.63, 3.8) is 0 Å². The van der Waals surface area contributed by atoms with Gasteiger partial charge in [0.05, 0.1) is 18.5 Å². The lowest BCUT2D eigenvalue weighted by Crippen LogP contribution is -2.51. The molecule has 5 nitrogen and oxygen atoms in total. The Hall–Kier alpha value is -1.99. The average molecular weight is 403 g/mol. The van der Waals surface area contributed by atoms with E-state index in [4.69, 9.17) is 4.74 Å². The van der Waals surface area contributed by atoms with Crippen LogP contribution in [0.4, 0.5) is 5.69 Å². The fraction of sp³-hybridized carbons (Fsp3) is 0.400. The molecular formula is C20H22N2O3S2. The maximum Gasteiger partial charge on any atom is 0.251 e. The van der Waals surface area contributed by atoms with Crippen LogP contribution in [0.15, 0.2) is 41.8 Å². The molecule has 2 saturated heterocycles. The van der Waals surface area contributed by atoms with Crippen molar-refractivity contribution in [3.05, 3.63) is 46.7 Å². The summed E-state index contributed by atoms with van der Waals surface area (Å²) in [5.41, 5.74) is 0.819. The van der Waals surface area contributed by atoms with Crippen LogP contribution in [-0.2, 0) is 16.1 Å². The van der Waals surface area contributed by atoms with E-state index >= 15 is 0 Å². The maximum absolute atomic E-state index is 13.5. The fourth-order valence-electron chi connectivity index (χ4n) is 3.80. The number of amides is 2. The van der Waals surface area contributed by atoms with Crippen LogP contribution in [0.5, 0.6) is 5.75 Å². The average Bonchev–Trinajstić information content (AvgIpc) is 3.38.